The molecule has 0 unspecified atom stereocenters. The molecule has 2 rings (SSSR count). The maximum atomic E-state index is 14.2. The quantitative estimate of drug-likeness (QED) is 0.754. The molecule has 1 aliphatic carbocycles. The van der Waals surface area contributed by atoms with Crippen molar-refractivity contribution in [3.8, 4) is 6.07 Å². The molecule has 0 bridgehead atoms. The average molecular weight is 249 g/mol. The fourth-order valence-electron chi connectivity index (χ4n) is 2.32. The molecule has 0 saturated heterocycles. The Morgan fingerprint density at radius 2 is 2.06 bits per heavy atom. The van der Waals surface area contributed by atoms with E-state index in [1.807, 2.05) is 37.8 Å². The van der Waals surface area contributed by atoms with Gasteiger partial charge in [-0.1, -0.05) is 24.3 Å². The van der Waals surface area contributed by atoms with Crippen LogP contribution in [0.3, 0.4) is 0 Å². The summed E-state index contributed by atoms with van der Waals surface area (Å²) < 4.78 is 20.1. The fourth-order valence-corrected chi connectivity index (χ4v) is 3.57. The topological polar surface area (TPSA) is 33.0 Å². The minimum absolute atomic E-state index is 0.272. The lowest BCUT2D eigenvalue weighted by Crippen LogP contribution is -2.43. The smallest absolute Gasteiger partial charge is 0.202 e. The van der Waals surface area contributed by atoms with Gasteiger partial charge in [-0.25, -0.2) is 4.39 Å². The molecule has 0 heterocycles. The minimum Gasteiger partial charge on any atom is -0.394 e. The van der Waals surface area contributed by atoms with Crippen LogP contribution >= 0.6 is 0 Å². The normalized spacial score (nSPS) is 27.6. The first-order valence-electron chi connectivity index (χ1n) is 5.73. The molecular formula is C13H16FNOSi. The van der Waals surface area contributed by atoms with Gasteiger partial charge in [0.25, 0.3) is 0 Å². The number of benzene rings is 1. The second-order valence-corrected chi connectivity index (χ2v) is 9.82. The van der Waals surface area contributed by atoms with Crippen LogP contribution in [-0.4, -0.2) is 14.5 Å². The third-order valence-electron chi connectivity index (χ3n) is 2.89. The lowest BCUT2D eigenvalue weighted by atomic mass is 9.97. The summed E-state index contributed by atoms with van der Waals surface area (Å²) in [6.45, 7) is 5.92. The first-order valence-corrected chi connectivity index (χ1v) is 9.14. The predicted molar refractivity (Wildman–Crippen MR) is 66.8 cm³/mol. The van der Waals surface area contributed by atoms with E-state index >= 15 is 0 Å². The molecule has 0 aromatic heterocycles. The van der Waals surface area contributed by atoms with Gasteiger partial charge < -0.3 is 4.43 Å². The van der Waals surface area contributed by atoms with Gasteiger partial charge in [-0.2, -0.15) is 5.26 Å². The van der Waals surface area contributed by atoms with Gasteiger partial charge >= 0.3 is 0 Å². The van der Waals surface area contributed by atoms with Crippen LogP contribution in [0.25, 0.3) is 0 Å². The molecule has 0 fully saturated rings. The predicted octanol–water partition coefficient (Wildman–Crippen LogP) is 3.15. The van der Waals surface area contributed by atoms with Crippen LogP contribution in [0.1, 0.15) is 11.1 Å². The Labute approximate surface area is 102 Å². The number of nitrogens with zero attached hydrogens (tertiary/aromatic N) is 1. The third kappa shape index (κ3) is 2.01. The molecule has 0 saturated carbocycles. The second-order valence-electron chi connectivity index (χ2n) is 5.39. The summed E-state index contributed by atoms with van der Waals surface area (Å²) in [7, 11) is -1.99. The zero-order valence-corrected chi connectivity index (χ0v) is 11.3. The van der Waals surface area contributed by atoms with Crippen LogP contribution in [0, 0.1) is 11.3 Å². The van der Waals surface area contributed by atoms with Crippen LogP contribution in [0.5, 0.6) is 0 Å². The zero-order chi connectivity index (χ0) is 12.7. The van der Waals surface area contributed by atoms with Gasteiger partial charge in [0.15, 0.2) is 8.32 Å². The van der Waals surface area contributed by atoms with E-state index in [1.54, 1.807) is 6.07 Å². The van der Waals surface area contributed by atoms with Gasteiger partial charge in [0, 0.05) is 12.0 Å². The van der Waals surface area contributed by atoms with Gasteiger partial charge in [-0.15, -0.1) is 0 Å². The number of hydrogen-bond donors (Lipinski definition) is 0. The molecule has 0 aliphatic heterocycles. The highest BCUT2D eigenvalue weighted by Crippen LogP contribution is 2.43. The molecule has 0 N–H and O–H groups in total. The van der Waals surface area contributed by atoms with Crippen LogP contribution in [0.4, 0.5) is 4.39 Å². The Kier molecular flexibility index (Phi) is 2.84. The summed E-state index contributed by atoms with van der Waals surface area (Å²) in [6.07, 6.45) is -0.995. The maximum Gasteiger partial charge on any atom is 0.202 e. The molecule has 90 valence electrons. The number of fused-ring (bicyclic) bond motifs is 1. The Hall–Kier alpha value is -1.18. The van der Waals surface area contributed by atoms with Gasteiger partial charge in [0.2, 0.25) is 5.60 Å². The summed E-state index contributed by atoms with van der Waals surface area (Å²) in [5.41, 5.74) is 0.207. The molecule has 1 aromatic rings. The number of hydrogen-bond acceptors (Lipinski definition) is 2. The van der Waals surface area contributed by atoms with Crippen LogP contribution < -0.4 is 0 Å². The van der Waals surface area contributed by atoms with E-state index in [-0.39, 0.29) is 6.42 Å². The highest BCUT2D eigenvalue weighted by molar-refractivity contribution is 6.69. The first kappa shape index (κ1) is 12.3. The lowest BCUT2D eigenvalue weighted by molar-refractivity contribution is 0.0413. The van der Waals surface area contributed by atoms with E-state index in [0.717, 1.165) is 5.56 Å². The molecular weight excluding hydrogens is 233 g/mol. The van der Waals surface area contributed by atoms with Crippen molar-refractivity contribution in [1.82, 2.24) is 0 Å². The minimum atomic E-state index is -1.99. The summed E-state index contributed by atoms with van der Waals surface area (Å²) in [5, 5.41) is 9.40. The van der Waals surface area contributed by atoms with Gasteiger partial charge in [0.1, 0.15) is 12.2 Å². The SMILES string of the molecule is C[Si](C)(C)O[C@]1(C#N)c2ccccc2C[C@@H]1F. The Balaban J connectivity index is 2.51. The Morgan fingerprint density at radius 1 is 1.41 bits per heavy atom. The van der Waals surface area contributed by atoms with Crippen molar-refractivity contribution in [2.75, 3.05) is 0 Å². The van der Waals surface area contributed by atoms with E-state index < -0.39 is 20.1 Å². The molecule has 0 spiro atoms. The average Bonchev–Trinajstić information content (AvgIpc) is 2.51. The monoisotopic (exact) mass is 249 g/mol. The fraction of sp³-hybridized carbons (Fsp3) is 0.462. The van der Waals surface area contributed by atoms with Crippen molar-refractivity contribution < 1.29 is 8.82 Å². The zero-order valence-electron chi connectivity index (χ0n) is 10.3. The van der Waals surface area contributed by atoms with Gasteiger partial charge in [-0.05, 0) is 25.2 Å². The van der Waals surface area contributed by atoms with Crippen LogP contribution in [0.15, 0.2) is 24.3 Å². The Bertz CT molecular complexity index is 477. The highest BCUT2D eigenvalue weighted by atomic mass is 28.4. The number of halogens is 1. The van der Waals surface area contributed by atoms with E-state index in [9.17, 15) is 9.65 Å². The van der Waals surface area contributed by atoms with Gasteiger partial charge in [-0.3, -0.25) is 0 Å². The molecule has 0 radical (unpaired) electrons. The molecule has 4 heteroatoms. The lowest BCUT2D eigenvalue weighted by Gasteiger charge is -2.32. The van der Waals surface area contributed by atoms with Gasteiger partial charge in [0.05, 0.1) is 0 Å². The summed E-state index contributed by atoms with van der Waals surface area (Å²) >= 11 is 0. The molecule has 1 aliphatic rings. The maximum absolute atomic E-state index is 14.2. The largest absolute Gasteiger partial charge is 0.394 e. The highest BCUT2D eigenvalue weighted by Gasteiger charge is 2.51. The summed E-state index contributed by atoms with van der Waals surface area (Å²) in [6, 6.07) is 9.45. The molecule has 17 heavy (non-hydrogen) atoms. The van der Waals surface area contributed by atoms with Crippen molar-refractivity contribution >= 4 is 8.32 Å². The van der Waals surface area contributed by atoms with Crippen molar-refractivity contribution in [3.63, 3.8) is 0 Å². The second kappa shape index (κ2) is 3.93. The van der Waals surface area contributed by atoms with E-state index in [1.165, 1.54) is 0 Å². The van der Waals surface area contributed by atoms with Crippen LogP contribution in [-0.2, 0) is 16.4 Å². The van der Waals surface area contributed by atoms with Crippen molar-refractivity contribution in [2.24, 2.45) is 0 Å². The molecule has 2 atom stereocenters. The summed E-state index contributed by atoms with van der Waals surface area (Å²) in [4.78, 5) is 0. The Morgan fingerprint density at radius 3 is 2.65 bits per heavy atom. The van der Waals surface area contributed by atoms with Crippen LogP contribution in [0.2, 0.25) is 19.6 Å². The van der Waals surface area contributed by atoms with E-state index in [0.29, 0.717) is 5.56 Å². The standard InChI is InChI=1S/C13H16FNOSi/c1-17(2,3)16-13(9-15)11-7-5-4-6-10(11)8-12(13)14/h4-7,12H,8H2,1-3H3/t12-,13+/m0/s1. The third-order valence-corrected chi connectivity index (χ3v) is 3.83. The molecule has 0 amide bonds. The van der Waals surface area contributed by atoms with E-state index in [4.69, 9.17) is 4.43 Å². The molecule has 1 aromatic carbocycles. The first-order chi connectivity index (χ1) is 7.89. The number of nitriles is 1. The number of alkyl halides is 1. The van der Waals surface area contributed by atoms with Crippen molar-refractivity contribution in [2.45, 2.75) is 37.8 Å². The molecule has 2 nitrogen and oxygen atoms in total. The number of rotatable bonds is 2. The summed E-state index contributed by atoms with van der Waals surface area (Å²) in [5.74, 6) is 0. The van der Waals surface area contributed by atoms with E-state index in [2.05, 4.69) is 6.07 Å². The van der Waals surface area contributed by atoms with Crippen molar-refractivity contribution in [3.05, 3.63) is 35.4 Å². The van der Waals surface area contributed by atoms with Crippen molar-refractivity contribution in [1.29, 1.82) is 5.26 Å².